The molecule has 5 nitrogen and oxygen atoms in total. The molecule has 1 aliphatic rings. The number of aliphatic carboxylic acids is 1. The Kier molecular flexibility index (Phi) is 4.24. The third kappa shape index (κ3) is 3.59. The second kappa shape index (κ2) is 5.91. The molecule has 0 aliphatic carbocycles. The summed E-state index contributed by atoms with van der Waals surface area (Å²) in [7, 11) is 0. The van der Waals surface area contributed by atoms with Crippen LogP contribution in [0.1, 0.15) is 26.2 Å². The predicted octanol–water partition coefficient (Wildman–Crippen LogP) is 1.56. The number of carboxylic acids is 1. The molecule has 2 heterocycles. The Morgan fingerprint density at radius 1 is 1.37 bits per heavy atom. The van der Waals surface area contributed by atoms with E-state index in [1.165, 1.54) is 10.6 Å². The Morgan fingerprint density at radius 3 is 2.68 bits per heavy atom. The Bertz CT molecular complexity index is 502. The van der Waals surface area contributed by atoms with Crippen LogP contribution in [0.25, 0.3) is 0 Å². The van der Waals surface area contributed by atoms with Gasteiger partial charge in [-0.1, -0.05) is 6.92 Å². The highest BCUT2D eigenvalue weighted by molar-refractivity contribution is 5.66. The van der Waals surface area contributed by atoms with Gasteiger partial charge in [0.2, 0.25) is 0 Å². The molecule has 19 heavy (non-hydrogen) atoms. The highest BCUT2D eigenvalue weighted by Gasteiger charge is 2.16. The van der Waals surface area contributed by atoms with Crippen molar-refractivity contribution in [3.63, 3.8) is 0 Å². The molecule has 0 atom stereocenters. The number of piperidine rings is 1. The SMILES string of the molecule is CC1CCN(c2ccc(=O)n(CCC(=O)O)c2)CC1. The summed E-state index contributed by atoms with van der Waals surface area (Å²) in [5.74, 6) is -0.127. The van der Waals surface area contributed by atoms with E-state index in [0.717, 1.165) is 37.5 Å². The van der Waals surface area contributed by atoms with Gasteiger partial charge in [-0.2, -0.15) is 0 Å². The van der Waals surface area contributed by atoms with E-state index in [9.17, 15) is 9.59 Å². The molecule has 5 heteroatoms. The van der Waals surface area contributed by atoms with Crippen LogP contribution < -0.4 is 10.5 Å². The molecule has 104 valence electrons. The molecule has 0 spiro atoms. The molecule has 1 aromatic rings. The lowest BCUT2D eigenvalue weighted by atomic mass is 9.99. The van der Waals surface area contributed by atoms with E-state index in [1.54, 1.807) is 6.20 Å². The molecule has 2 rings (SSSR count). The normalized spacial score (nSPS) is 16.6. The van der Waals surface area contributed by atoms with Gasteiger partial charge in [-0.05, 0) is 24.8 Å². The molecular weight excluding hydrogens is 244 g/mol. The minimum Gasteiger partial charge on any atom is -0.481 e. The van der Waals surface area contributed by atoms with Crippen molar-refractivity contribution in [1.82, 2.24) is 4.57 Å². The van der Waals surface area contributed by atoms with E-state index >= 15 is 0 Å². The molecule has 0 radical (unpaired) electrons. The molecule has 0 saturated carbocycles. The minimum atomic E-state index is -0.885. The van der Waals surface area contributed by atoms with E-state index in [-0.39, 0.29) is 18.5 Å². The predicted molar refractivity (Wildman–Crippen MR) is 73.6 cm³/mol. The number of hydrogen-bond donors (Lipinski definition) is 1. The van der Waals surface area contributed by atoms with E-state index in [2.05, 4.69) is 11.8 Å². The third-order valence-electron chi connectivity index (χ3n) is 3.68. The second-order valence-corrected chi connectivity index (χ2v) is 5.23. The van der Waals surface area contributed by atoms with Crippen molar-refractivity contribution in [3.05, 3.63) is 28.7 Å². The van der Waals surface area contributed by atoms with E-state index in [4.69, 9.17) is 5.11 Å². The maximum atomic E-state index is 11.7. The number of aryl methyl sites for hydroxylation is 1. The first-order chi connectivity index (χ1) is 9.06. The van der Waals surface area contributed by atoms with Crippen LogP contribution in [0.5, 0.6) is 0 Å². The highest BCUT2D eigenvalue weighted by atomic mass is 16.4. The Hall–Kier alpha value is -1.78. The van der Waals surface area contributed by atoms with Crippen LogP contribution in [-0.4, -0.2) is 28.7 Å². The van der Waals surface area contributed by atoms with Crippen LogP contribution in [0.3, 0.4) is 0 Å². The molecule has 0 amide bonds. The number of nitrogens with zero attached hydrogens (tertiary/aromatic N) is 2. The van der Waals surface area contributed by atoms with Crippen LogP contribution in [0, 0.1) is 5.92 Å². The molecule has 0 aromatic carbocycles. The fourth-order valence-corrected chi connectivity index (χ4v) is 2.36. The van der Waals surface area contributed by atoms with Gasteiger partial charge >= 0.3 is 5.97 Å². The van der Waals surface area contributed by atoms with Crippen molar-refractivity contribution in [2.24, 2.45) is 5.92 Å². The topological polar surface area (TPSA) is 62.5 Å². The largest absolute Gasteiger partial charge is 0.481 e. The van der Waals surface area contributed by atoms with Crippen molar-refractivity contribution in [1.29, 1.82) is 0 Å². The van der Waals surface area contributed by atoms with Gasteiger partial charge in [0.25, 0.3) is 5.56 Å². The lowest BCUT2D eigenvalue weighted by Gasteiger charge is -2.32. The van der Waals surface area contributed by atoms with Gasteiger partial charge in [-0.25, -0.2) is 0 Å². The van der Waals surface area contributed by atoms with Gasteiger partial charge in [0.15, 0.2) is 0 Å². The first kappa shape index (κ1) is 13.6. The summed E-state index contributed by atoms with van der Waals surface area (Å²) in [6, 6.07) is 3.35. The van der Waals surface area contributed by atoms with Gasteiger partial charge in [-0.3, -0.25) is 9.59 Å². The number of hydrogen-bond acceptors (Lipinski definition) is 3. The molecule has 0 unspecified atom stereocenters. The lowest BCUT2D eigenvalue weighted by Crippen LogP contribution is -2.34. The van der Waals surface area contributed by atoms with Crippen molar-refractivity contribution in [2.75, 3.05) is 18.0 Å². The summed E-state index contributed by atoms with van der Waals surface area (Å²) < 4.78 is 1.49. The molecule has 1 aromatic heterocycles. The standard InChI is InChI=1S/C14H20N2O3/c1-11-4-7-15(8-5-11)12-2-3-13(17)16(10-12)9-6-14(18)19/h2-3,10-11H,4-9H2,1H3,(H,18,19). The molecule has 1 fully saturated rings. The van der Waals surface area contributed by atoms with Gasteiger partial charge in [0.1, 0.15) is 0 Å². The zero-order valence-corrected chi connectivity index (χ0v) is 11.2. The van der Waals surface area contributed by atoms with E-state index in [0.29, 0.717) is 0 Å². The molecule has 0 bridgehead atoms. The zero-order valence-electron chi connectivity index (χ0n) is 11.2. The number of carbonyl (C=O) groups is 1. The summed E-state index contributed by atoms with van der Waals surface area (Å²) >= 11 is 0. The first-order valence-corrected chi connectivity index (χ1v) is 6.73. The van der Waals surface area contributed by atoms with Crippen molar-refractivity contribution in [2.45, 2.75) is 32.7 Å². The van der Waals surface area contributed by atoms with Crippen molar-refractivity contribution >= 4 is 11.7 Å². The number of carboxylic acid groups (broad SMARTS) is 1. The maximum Gasteiger partial charge on any atom is 0.305 e. The van der Waals surface area contributed by atoms with E-state index in [1.807, 2.05) is 6.07 Å². The van der Waals surface area contributed by atoms with Crippen LogP contribution in [0.15, 0.2) is 23.1 Å². The van der Waals surface area contributed by atoms with Crippen LogP contribution in [0.4, 0.5) is 5.69 Å². The zero-order chi connectivity index (χ0) is 13.8. The summed E-state index contributed by atoms with van der Waals surface area (Å²) in [5.41, 5.74) is 0.868. The molecule has 1 N–H and O–H groups in total. The van der Waals surface area contributed by atoms with Gasteiger partial charge < -0.3 is 14.6 Å². The minimum absolute atomic E-state index is 0.0274. The molecule has 1 saturated heterocycles. The van der Waals surface area contributed by atoms with Crippen LogP contribution in [-0.2, 0) is 11.3 Å². The van der Waals surface area contributed by atoms with Gasteiger partial charge in [0, 0.05) is 31.9 Å². The maximum absolute atomic E-state index is 11.7. The summed E-state index contributed by atoms with van der Waals surface area (Å²) in [5, 5.41) is 8.69. The molecular formula is C14H20N2O3. The first-order valence-electron chi connectivity index (χ1n) is 6.73. The Balaban J connectivity index is 2.11. The monoisotopic (exact) mass is 264 g/mol. The average Bonchev–Trinajstić information content (AvgIpc) is 2.39. The second-order valence-electron chi connectivity index (χ2n) is 5.23. The number of pyridine rings is 1. The third-order valence-corrected chi connectivity index (χ3v) is 3.68. The van der Waals surface area contributed by atoms with Gasteiger partial charge in [-0.15, -0.1) is 0 Å². The van der Waals surface area contributed by atoms with E-state index < -0.39 is 5.97 Å². The Labute approximate surface area is 112 Å². The highest BCUT2D eigenvalue weighted by Crippen LogP contribution is 2.21. The Morgan fingerprint density at radius 2 is 2.05 bits per heavy atom. The number of aromatic nitrogens is 1. The summed E-state index contributed by atoms with van der Waals surface area (Å²) in [6.45, 7) is 4.48. The van der Waals surface area contributed by atoms with Crippen molar-refractivity contribution < 1.29 is 9.90 Å². The summed E-state index contributed by atoms with van der Waals surface area (Å²) in [4.78, 5) is 24.5. The average molecular weight is 264 g/mol. The number of anilines is 1. The fourth-order valence-electron chi connectivity index (χ4n) is 2.36. The lowest BCUT2D eigenvalue weighted by molar-refractivity contribution is -0.137. The molecule has 1 aliphatic heterocycles. The quantitative estimate of drug-likeness (QED) is 0.896. The van der Waals surface area contributed by atoms with Crippen molar-refractivity contribution in [3.8, 4) is 0 Å². The number of rotatable bonds is 4. The summed E-state index contributed by atoms with van der Waals surface area (Å²) in [6.07, 6.45) is 4.07. The fraction of sp³-hybridized carbons (Fsp3) is 0.571. The smallest absolute Gasteiger partial charge is 0.305 e. The van der Waals surface area contributed by atoms with Gasteiger partial charge in [0.05, 0.1) is 12.1 Å². The van der Waals surface area contributed by atoms with Crippen LogP contribution in [0.2, 0.25) is 0 Å². The van der Waals surface area contributed by atoms with Crippen LogP contribution >= 0.6 is 0 Å².